The van der Waals surface area contributed by atoms with Crippen LogP contribution in [0.1, 0.15) is 10.4 Å². The van der Waals surface area contributed by atoms with Gasteiger partial charge in [-0.15, -0.1) is 0 Å². The number of carboxylic acids is 1. The van der Waals surface area contributed by atoms with Crippen LogP contribution >= 0.6 is 15.9 Å². The summed E-state index contributed by atoms with van der Waals surface area (Å²) in [5.41, 5.74) is 0.332. The van der Waals surface area contributed by atoms with Crippen molar-refractivity contribution < 1.29 is 19.4 Å². The second kappa shape index (κ2) is 4.13. The molecule has 2 N–H and O–H groups in total. The van der Waals surface area contributed by atoms with Crippen LogP contribution in [-0.4, -0.2) is 29.6 Å². The number of ether oxygens (including phenoxy) is 1. The third-order valence-electron chi connectivity index (χ3n) is 2.20. The molecular formula is C10H8BrNO4. The summed E-state index contributed by atoms with van der Waals surface area (Å²) in [5.74, 6) is -1.16. The molecule has 84 valence electrons. The van der Waals surface area contributed by atoms with Crippen molar-refractivity contribution in [3.63, 3.8) is 0 Å². The van der Waals surface area contributed by atoms with Gasteiger partial charge in [0.05, 0.1) is 5.56 Å². The molecule has 0 aliphatic carbocycles. The second-order valence-electron chi connectivity index (χ2n) is 3.32. The van der Waals surface area contributed by atoms with Crippen LogP contribution in [-0.2, 0) is 4.79 Å². The molecule has 1 aromatic rings. The molecule has 0 aromatic heterocycles. The van der Waals surface area contributed by atoms with Crippen LogP contribution in [0.2, 0.25) is 0 Å². The van der Waals surface area contributed by atoms with Gasteiger partial charge in [-0.05, 0) is 18.2 Å². The Morgan fingerprint density at radius 2 is 2.31 bits per heavy atom. The van der Waals surface area contributed by atoms with Gasteiger partial charge in [0.1, 0.15) is 12.4 Å². The van der Waals surface area contributed by atoms with Gasteiger partial charge in [0.2, 0.25) is 0 Å². The molecular weight excluding hydrogens is 278 g/mol. The highest BCUT2D eigenvalue weighted by Gasteiger charge is 2.27. The maximum atomic E-state index is 11.7. The van der Waals surface area contributed by atoms with Gasteiger partial charge in [-0.1, -0.05) is 15.9 Å². The maximum absolute atomic E-state index is 11.7. The van der Waals surface area contributed by atoms with E-state index in [0.717, 1.165) is 4.47 Å². The van der Waals surface area contributed by atoms with Crippen LogP contribution < -0.4 is 10.1 Å². The lowest BCUT2D eigenvalue weighted by atomic mass is 10.2. The molecule has 0 fully saturated rings. The second-order valence-corrected chi connectivity index (χ2v) is 4.23. The van der Waals surface area contributed by atoms with Crippen LogP contribution in [0.15, 0.2) is 22.7 Å². The smallest absolute Gasteiger partial charge is 0.329 e. The Labute approximate surface area is 99.5 Å². The highest BCUT2D eigenvalue weighted by molar-refractivity contribution is 9.10. The Hall–Kier alpha value is -1.56. The van der Waals surface area contributed by atoms with E-state index in [1.165, 1.54) is 0 Å². The Balaban J connectivity index is 2.36. The highest BCUT2D eigenvalue weighted by Crippen LogP contribution is 2.25. The minimum atomic E-state index is -1.11. The fraction of sp³-hybridized carbons (Fsp3) is 0.200. The van der Waals surface area contributed by atoms with E-state index in [9.17, 15) is 9.59 Å². The van der Waals surface area contributed by atoms with Gasteiger partial charge in [-0.3, -0.25) is 4.79 Å². The molecule has 1 aliphatic rings. The maximum Gasteiger partial charge on any atom is 0.329 e. The third-order valence-corrected chi connectivity index (χ3v) is 2.69. The van der Waals surface area contributed by atoms with Gasteiger partial charge in [-0.25, -0.2) is 4.79 Å². The van der Waals surface area contributed by atoms with Gasteiger partial charge in [0.15, 0.2) is 6.04 Å². The quantitative estimate of drug-likeness (QED) is 0.808. The lowest BCUT2D eigenvalue weighted by Gasteiger charge is -2.09. The lowest BCUT2D eigenvalue weighted by Crippen LogP contribution is -2.42. The van der Waals surface area contributed by atoms with Gasteiger partial charge < -0.3 is 15.2 Å². The summed E-state index contributed by atoms with van der Waals surface area (Å²) < 4.78 is 6.00. The number of hydrogen-bond acceptors (Lipinski definition) is 3. The Morgan fingerprint density at radius 1 is 1.56 bits per heavy atom. The van der Waals surface area contributed by atoms with E-state index < -0.39 is 17.9 Å². The lowest BCUT2D eigenvalue weighted by molar-refractivity contribution is -0.139. The molecule has 1 unspecified atom stereocenters. The number of carbonyl (C=O) groups excluding carboxylic acids is 1. The molecule has 1 atom stereocenters. The number of carbonyl (C=O) groups is 2. The van der Waals surface area contributed by atoms with Crippen LogP contribution in [0, 0.1) is 0 Å². The molecule has 1 heterocycles. The SMILES string of the molecule is O=C1NC(C(=O)O)COc2ccc(Br)cc21. The fourth-order valence-electron chi connectivity index (χ4n) is 1.39. The van der Waals surface area contributed by atoms with Crippen LogP contribution in [0.4, 0.5) is 0 Å². The summed E-state index contributed by atoms with van der Waals surface area (Å²) in [4.78, 5) is 22.5. The zero-order valence-electron chi connectivity index (χ0n) is 8.07. The number of hydrogen-bond donors (Lipinski definition) is 2. The van der Waals surface area contributed by atoms with Crippen molar-refractivity contribution in [3.8, 4) is 5.75 Å². The van der Waals surface area contributed by atoms with Gasteiger partial charge in [-0.2, -0.15) is 0 Å². The van der Waals surface area contributed by atoms with Gasteiger partial charge in [0, 0.05) is 4.47 Å². The molecule has 0 saturated heterocycles. The van der Waals surface area contributed by atoms with Crippen LogP contribution in [0.25, 0.3) is 0 Å². The number of rotatable bonds is 1. The molecule has 5 nitrogen and oxygen atoms in total. The monoisotopic (exact) mass is 285 g/mol. The Morgan fingerprint density at radius 3 is 3.00 bits per heavy atom. The molecule has 0 spiro atoms. The number of benzene rings is 1. The van der Waals surface area contributed by atoms with Crippen molar-refractivity contribution in [2.75, 3.05) is 6.61 Å². The summed E-state index contributed by atoms with van der Waals surface area (Å²) in [6, 6.07) is 3.93. The number of fused-ring (bicyclic) bond motifs is 1. The van der Waals surface area contributed by atoms with E-state index in [1.54, 1.807) is 18.2 Å². The van der Waals surface area contributed by atoms with E-state index in [0.29, 0.717) is 11.3 Å². The summed E-state index contributed by atoms with van der Waals surface area (Å²) in [5, 5.41) is 11.2. The van der Waals surface area contributed by atoms with Crippen molar-refractivity contribution in [1.82, 2.24) is 5.32 Å². The average Bonchev–Trinajstić information content (AvgIpc) is 2.39. The molecule has 1 aliphatic heterocycles. The summed E-state index contributed by atoms with van der Waals surface area (Å²) >= 11 is 3.24. The van der Waals surface area contributed by atoms with Crippen molar-refractivity contribution in [2.24, 2.45) is 0 Å². The summed E-state index contributed by atoms with van der Waals surface area (Å²) in [6.07, 6.45) is 0. The van der Waals surface area contributed by atoms with Crippen molar-refractivity contribution >= 4 is 27.8 Å². The van der Waals surface area contributed by atoms with Gasteiger partial charge >= 0.3 is 5.97 Å². The first-order valence-electron chi connectivity index (χ1n) is 4.54. The third kappa shape index (κ3) is 2.01. The topological polar surface area (TPSA) is 75.6 Å². The fourth-order valence-corrected chi connectivity index (χ4v) is 1.75. The van der Waals surface area contributed by atoms with E-state index >= 15 is 0 Å². The van der Waals surface area contributed by atoms with Crippen LogP contribution in [0.5, 0.6) is 5.75 Å². The first kappa shape index (κ1) is 10.9. The molecule has 6 heteroatoms. The first-order valence-corrected chi connectivity index (χ1v) is 5.33. The zero-order chi connectivity index (χ0) is 11.7. The van der Waals surface area contributed by atoms with Gasteiger partial charge in [0.25, 0.3) is 5.91 Å². The number of amides is 1. The largest absolute Gasteiger partial charge is 0.490 e. The number of carboxylic acid groups (broad SMARTS) is 1. The van der Waals surface area contributed by atoms with Crippen LogP contribution in [0.3, 0.4) is 0 Å². The Kier molecular flexibility index (Phi) is 2.82. The van der Waals surface area contributed by atoms with Crippen molar-refractivity contribution in [1.29, 1.82) is 0 Å². The molecule has 0 radical (unpaired) electrons. The Bertz CT molecular complexity index is 460. The molecule has 0 saturated carbocycles. The molecule has 1 aromatic carbocycles. The minimum Gasteiger partial charge on any atom is -0.490 e. The summed E-state index contributed by atoms with van der Waals surface area (Å²) in [6.45, 7) is -0.0737. The van der Waals surface area contributed by atoms with Crippen molar-refractivity contribution in [3.05, 3.63) is 28.2 Å². The number of halogens is 1. The van der Waals surface area contributed by atoms with E-state index in [1.807, 2.05) is 0 Å². The normalized spacial score (nSPS) is 19.1. The number of aliphatic carboxylic acids is 1. The predicted octanol–water partition coefficient (Wildman–Crippen LogP) is 1.02. The number of nitrogens with one attached hydrogen (secondary N) is 1. The highest BCUT2D eigenvalue weighted by atomic mass is 79.9. The minimum absolute atomic E-state index is 0.0737. The first-order chi connectivity index (χ1) is 7.58. The molecule has 2 rings (SSSR count). The van der Waals surface area contributed by atoms with Crippen molar-refractivity contribution in [2.45, 2.75) is 6.04 Å². The molecule has 0 bridgehead atoms. The van der Waals surface area contributed by atoms with E-state index in [4.69, 9.17) is 9.84 Å². The molecule has 1 amide bonds. The predicted molar refractivity (Wildman–Crippen MR) is 58.5 cm³/mol. The van der Waals surface area contributed by atoms with E-state index in [2.05, 4.69) is 21.2 Å². The zero-order valence-corrected chi connectivity index (χ0v) is 9.65. The molecule has 16 heavy (non-hydrogen) atoms. The average molecular weight is 286 g/mol. The summed E-state index contributed by atoms with van der Waals surface area (Å²) in [7, 11) is 0. The van der Waals surface area contributed by atoms with E-state index in [-0.39, 0.29) is 6.61 Å². The standard InChI is InChI=1S/C10H8BrNO4/c11-5-1-2-8-6(3-5)9(13)12-7(4-16-8)10(14)15/h1-3,7H,4H2,(H,12,13)(H,14,15).